The van der Waals surface area contributed by atoms with Crippen LogP contribution in [0.4, 0.5) is 13.2 Å². The van der Waals surface area contributed by atoms with Crippen LogP contribution in [0.15, 0.2) is 12.7 Å². The molecule has 0 unspecified atom stereocenters. The molecule has 0 radical (unpaired) electrons. The van der Waals surface area contributed by atoms with Crippen molar-refractivity contribution in [2.75, 3.05) is 0 Å². The first-order chi connectivity index (χ1) is 8.51. The summed E-state index contributed by atoms with van der Waals surface area (Å²) in [6.07, 6.45) is 4.03. The monoisotopic (exact) mass is 391 g/mol. The molecular weight excluding hydrogens is 370 g/mol. The minimum atomic E-state index is -4.10. The van der Waals surface area contributed by atoms with E-state index in [-0.39, 0.29) is 30.5 Å². The van der Waals surface area contributed by atoms with E-state index in [1.54, 1.807) is 11.0 Å². The molecule has 7 heteroatoms. The highest BCUT2D eigenvalue weighted by Gasteiger charge is 2.27. The van der Waals surface area contributed by atoms with Crippen molar-refractivity contribution in [2.24, 2.45) is 0 Å². The smallest absolute Gasteiger partial charge is 0.392 e. The lowest BCUT2D eigenvalue weighted by Gasteiger charge is -2.02. The molecule has 0 spiro atoms. The molecular formula is C12H21F3IN3. The SMILES string of the molecule is CCCCCCCn1c[n+](CCC(F)(F)F)cn1.[I-]. The number of hydrogen-bond acceptors (Lipinski definition) is 1. The maximum absolute atomic E-state index is 12.0. The van der Waals surface area contributed by atoms with Gasteiger partial charge in [0.15, 0.2) is 0 Å². The number of nitrogens with zero attached hydrogens (tertiary/aromatic N) is 3. The summed E-state index contributed by atoms with van der Waals surface area (Å²) in [5.41, 5.74) is 0. The largest absolute Gasteiger partial charge is 1.00 e. The highest BCUT2D eigenvalue weighted by atomic mass is 127. The summed E-state index contributed by atoms with van der Waals surface area (Å²) in [5.74, 6) is 0. The van der Waals surface area contributed by atoms with Gasteiger partial charge < -0.3 is 24.0 Å². The normalized spacial score (nSPS) is 11.4. The molecule has 0 atom stereocenters. The van der Waals surface area contributed by atoms with Crippen molar-refractivity contribution in [2.45, 2.75) is 64.7 Å². The highest BCUT2D eigenvalue weighted by molar-refractivity contribution is 4.50. The van der Waals surface area contributed by atoms with Crippen molar-refractivity contribution in [3.63, 3.8) is 0 Å². The summed E-state index contributed by atoms with van der Waals surface area (Å²) in [5, 5.41) is 4.05. The Bertz CT molecular complexity index is 339. The van der Waals surface area contributed by atoms with E-state index in [1.165, 1.54) is 30.2 Å². The van der Waals surface area contributed by atoms with Gasteiger partial charge in [0.25, 0.3) is 6.33 Å². The first kappa shape index (κ1) is 18.7. The van der Waals surface area contributed by atoms with Gasteiger partial charge in [0, 0.05) is 5.10 Å². The predicted molar refractivity (Wildman–Crippen MR) is 61.9 cm³/mol. The van der Waals surface area contributed by atoms with Crippen molar-refractivity contribution in [1.29, 1.82) is 0 Å². The van der Waals surface area contributed by atoms with Gasteiger partial charge >= 0.3 is 6.18 Å². The second kappa shape index (κ2) is 9.55. The quantitative estimate of drug-likeness (QED) is 0.350. The fourth-order valence-electron chi connectivity index (χ4n) is 1.73. The molecule has 1 aromatic heterocycles. The molecule has 1 aromatic rings. The van der Waals surface area contributed by atoms with Crippen LogP contribution in [0.5, 0.6) is 0 Å². The van der Waals surface area contributed by atoms with Crippen LogP contribution in [0.3, 0.4) is 0 Å². The van der Waals surface area contributed by atoms with E-state index in [2.05, 4.69) is 12.0 Å². The molecule has 3 nitrogen and oxygen atoms in total. The van der Waals surface area contributed by atoms with Crippen molar-refractivity contribution in [3.05, 3.63) is 12.7 Å². The predicted octanol–water partition coefficient (Wildman–Crippen LogP) is 0.0974. The Labute approximate surface area is 129 Å². The van der Waals surface area contributed by atoms with Crippen LogP contribution in [0, 0.1) is 0 Å². The number of hydrogen-bond donors (Lipinski definition) is 0. The van der Waals surface area contributed by atoms with Crippen molar-refractivity contribution < 1.29 is 41.7 Å². The molecule has 0 bridgehead atoms. The van der Waals surface area contributed by atoms with E-state index in [0.29, 0.717) is 0 Å². The molecule has 0 aliphatic rings. The molecule has 19 heavy (non-hydrogen) atoms. The van der Waals surface area contributed by atoms with Gasteiger partial charge in [-0.1, -0.05) is 32.6 Å². The fraction of sp³-hybridized carbons (Fsp3) is 0.833. The van der Waals surface area contributed by atoms with E-state index in [9.17, 15) is 13.2 Å². The average Bonchev–Trinajstić information content (AvgIpc) is 2.73. The van der Waals surface area contributed by atoms with E-state index in [0.717, 1.165) is 19.4 Å². The summed E-state index contributed by atoms with van der Waals surface area (Å²) < 4.78 is 39.3. The van der Waals surface area contributed by atoms with Gasteiger partial charge in [-0.15, -0.1) is 4.68 Å². The van der Waals surface area contributed by atoms with Gasteiger partial charge in [-0.3, -0.25) is 0 Å². The molecule has 1 heterocycles. The summed E-state index contributed by atoms with van der Waals surface area (Å²) in [7, 11) is 0. The third-order valence-corrected chi connectivity index (χ3v) is 2.77. The van der Waals surface area contributed by atoms with E-state index in [1.807, 2.05) is 0 Å². The molecule has 0 aliphatic heterocycles. The number of halogens is 4. The van der Waals surface area contributed by atoms with Crippen LogP contribution in [0.2, 0.25) is 0 Å². The summed E-state index contributed by atoms with van der Waals surface area (Å²) in [6.45, 7) is 2.89. The second-order valence-electron chi connectivity index (χ2n) is 4.53. The van der Waals surface area contributed by atoms with Crippen LogP contribution < -0.4 is 28.5 Å². The summed E-state index contributed by atoms with van der Waals surface area (Å²) >= 11 is 0. The number of aromatic nitrogens is 3. The molecule has 0 fully saturated rings. The van der Waals surface area contributed by atoms with Crippen LogP contribution in [0.1, 0.15) is 45.4 Å². The zero-order valence-electron chi connectivity index (χ0n) is 11.2. The molecule has 0 amide bonds. The lowest BCUT2D eigenvalue weighted by Crippen LogP contribution is -3.00. The van der Waals surface area contributed by atoms with Crippen LogP contribution >= 0.6 is 0 Å². The summed E-state index contributed by atoms with van der Waals surface area (Å²) in [6, 6.07) is 0. The maximum atomic E-state index is 12.0. The van der Waals surface area contributed by atoms with Crippen molar-refractivity contribution >= 4 is 0 Å². The van der Waals surface area contributed by atoms with Crippen LogP contribution in [-0.2, 0) is 13.1 Å². The first-order valence-electron chi connectivity index (χ1n) is 6.49. The fourth-order valence-corrected chi connectivity index (χ4v) is 1.73. The van der Waals surface area contributed by atoms with Crippen molar-refractivity contribution in [1.82, 2.24) is 9.78 Å². The molecule has 112 valence electrons. The molecule has 0 saturated heterocycles. The van der Waals surface area contributed by atoms with Gasteiger partial charge in [0.2, 0.25) is 6.33 Å². The summed E-state index contributed by atoms with van der Waals surface area (Å²) in [4.78, 5) is 0. The lowest BCUT2D eigenvalue weighted by atomic mass is 10.1. The molecule has 0 aliphatic carbocycles. The Balaban J connectivity index is 0.00000324. The molecule has 1 rings (SSSR count). The topological polar surface area (TPSA) is 21.7 Å². The van der Waals surface area contributed by atoms with Gasteiger partial charge in [0.1, 0.15) is 6.54 Å². The molecule has 0 aromatic carbocycles. The lowest BCUT2D eigenvalue weighted by molar-refractivity contribution is -0.701. The van der Waals surface area contributed by atoms with E-state index < -0.39 is 12.6 Å². The molecule has 0 N–H and O–H groups in total. The van der Waals surface area contributed by atoms with Gasteiger partial charge in [-0.05, 0) is 6.42 Å². The van der Waals surface area contributed by atoms with Crippen LogP contribution in [-0.4, -0.2) is 16.0 Å². The average molecular weight is 391 g/mol. The number of rotatable bonds is 8. The Morgan fingerprint density at radius 1 is 1.16 bits per heavy atom. The van der Waals surface area contributed by atoms with E-state index in [4.69, 9.17) is 0 Å². The zero-order valence-corrected chi connectivity index (χ0v) is 13.3. The van der Waals surface area contributed by atoms with Gasteiger partial charge in [0.05, 0.1) is 13.0 Å². The molecule has 0 saturated carbocycles. The second-order valence-corrected chi connectivity index (χ2v) is 4.53. The Morgan fingerprint density at radius 2 is 1.84 bits per heavy atom. The Morgan fingerprint density at radius 3 is 2.47 bits per heavy atom. The minimum absolute atomic E-state index is 0. The third-order valence-electron chi connectivity index (χ3n) is 2.77. The Hall–Kier alpha value is -0.340. The number of unbranched alkanes of at least 4 members (excludes halogenated alkanes) is 4. The maximum Gasteiger partial charge on any atom is 0.392 e. The van der Waals surface area contributed by atoms with E-state index >= 15 is 0 Å². The third kappa shape index (κ3) is 9.23. The van der Waals surface area contributed by atoms with Gasteiger partial charge in [-0.25, -0.2) is 4.57 Å². The van der Waals surface area contributed by atoms with Crippen molar-refractivity contribution in [3.8, 4) is 0 Å². The number of aryl methyl sites for hydroxylation is 2. The minimum Gasteiger partial charge on any atom is -1.00 e. The first-order valence-corrected chi connectivity index (χ1v) is 6.49. The van der Waals surface area contributed by atoms with Crippen LogP contribution in [0.25, 0.3) is 0 Å². The zero-order chi connectivity index (χ0) is 13.4. The highest BCUT2D eigenvalue weighted by Crippen LogP contribution is 2.18. The number of alkyl halides is 3. The standard InChI is InChI=1S/C12H21F3N3.HI/c1-2-3-4-5-6-8-18-11-17(10-16-18)9-7-12(13,14)15;/h10-11H,2-9H2,1H3;1H/q+1;/p-1. The Kier molecular flexibility index (Phi) is 9.38. The van der Waals surface area contributed by atoms with Gasteiger partial charge in [-0.2, -0.15) is 13.2 Å².